The van der Waals surface area contributed by atoms with Crippen molar-refractivity contribution in [3.8, 4) is 0 Å². The summed E-state index contributed by atoms with van der Waals surface area (Å²) in [5.74, 6) is 0.795. The van der Waals surface area contributed by atoms with E-state index in [1.54, 1.807) is 0 Å². The minimum atomic E-state index is -0.257. The number of halogens is 1. The van der Waals surface area contributed by atoms with Crippen LogP contribution >= 0.6 is 11.6 Å². The summed E-state index contributed by atoms with van der Waals surface area (Å²) in [4.78, 5) is 0. The molecule has 3 heteroatoms. The number of aryl methyl sites for hydroxylation is 1. The van der Waals surface area contributed by atoms with Crippen LogP contribution < -0.4 is 5.73 Å². The molecular weight excluding hydrogens is 258 g/mol. The van der Waals surface area contributed by atoms with Crippen molar-refractivity contribution in [2.45, 2.75) is 13.0 Å². The number of rotatable bonds is 2. The Hall–Kier alpha value is -1.77. The van der Waals surface area contributed by atoms with E-state index in [2.05, 4.69) is 0 Å². The van der Waals surface area contributed by atoms with E-state index in [0.29, 0.717) is 5.02 Å². The molecule has 0 radical (unpaired) electrons. The van der Waals surface area contributed by atoms with Crippen LogP contribution in [0, 0.1) is 6.92 Å². The van der Waals surface area contributed by atoms with Gasteiger partial charge >= 0.3 is 0 Å². The quantitative estimate of drug-likeness (QED) is 0.748. The third-order valence-electron chi connectivity index (χ3n) is 3.38. The van der Waals surface area contributed by atoms with E-state index in [4.69, 9.17) is 21.8 Å². The van der Waals surface area contributed by atoms with E-state index < -0.39 is 0 Å². The molecular formula is C16H14ClNO. The Morgan fingerprint density at radius 2 is 1.84 bits per heavy atom. The molecule has 0 fully saturated rings. The molecule has 0 spiro atoms. The second-order valence-corrected chi connectivity index (χ2v) is 5.06. The Kier molecular flexibility index (Phi) is 3.05. The molecule has 2 aromatic carbocycles. The summed E-state index contributed by atoms with van der Waals surface area (Å²) in [5, 5.41) is 1.73. The van der Waals surface area contributed by atoms with Gasteiger partial charge in [0, 0.05) is 16.0 Å². The lowest BCUT2D eigenvalue weighted by Crippen LogP contribution is -2.11. The molecule has 1 unspecified atom stereocenters. The molecule has 0 bridgehead atoms. The van der Waals surface area contributed by atoms with Crippen LogP contribution in [0.25, 0.3) is 11.0 Å². The third-order valence-corrected chi connectivity index (χ3v) is 3.61. The molecule has 1 heterocycles. The molecule has 19 heavy (non-hydrogen) atoms. The van der Waals surface area contributed by atoms with Crippen molar-refractivity contribution in [2.24, 2.45) is 5.73 Å². The van der Waals surface area contributed by atoms with Crippen LogP contribution in [0.2, 0.25) is 5.02 Å². The molecule has 2 nitrogen and oxygen atoms in total. The highest BCUT2D eigenvalue weighted by Gasteiger charge is 2.18. The highest BCUT2D eigenvalue weighted by molar-refractivity contribution is 6.31. The van der Waals surface area contributed by atoms with Crippen LogP contribution in [0.5, 0.6) is 0 Å². The third kappa shape index (κ3) is 2.14. The van der Waals surface area contributed by atoms with Crippen molar-refractivity contribution >= 4 is 22.6 Å². The molecule has 0 saturated carbocycles. The Morgan fingerprint density at radius 3 is 2.58 bits per heavy atom. The SMILES string of the molecule is Cc1c(C(N)c2ccccc2)oc2ccc(Cl)cc12. The van der Waals surface area contributed by atoms with E-state index in [-0.39, 0.29) is 6.04 Å². The summed E-state index contributed by atoms with van der Waals surface area (Å²) in [5.41, 5.74) is 9.20. The molecule has 1 atom stereocenters. The number of fused-ring (bicyclic) bond motifs is 1. The lowest BCUT2D eigenvalue weighted by Gasteiger charge is -2.09. The van der Waals surface area contributed by atoms with Gasteiger partial charge in [-0.05, 0) is 30.7 Å². The fraction of sp³-hybridized carbons (Fsp3) is 0.125. The Bertz CT molecular complexity index is 718. The van der Waals surface area contributed by atoms with Crippen LogP contribution in [-0.4, -0.2) is 0 Å². The van der Waals surface area contributed by atoms with Crippen LogP contribution in [0.15, 0.2) is 52.9 Å². The predicted octanol–water partition coefficient (Wildman–Crippen LogP) is 4.44. The van der Waals surface area contributed by atoms with E-state index in [0.717, 1.165) is 27.9 Å². The molecule has 96 valence electrons. The summed E-state index contributed by atoms with van der Waals surface area (Å²) < 4.78 is 5.89. The summed E-state index contributed by atoms with van der Waals surface area (Å²) in [7, 11) is 0. The van der Waals surface area contributed by atoms with Gasteiger partial charge in [-0.1, -0.05) is 41.9 Å². The van der Waals surface area contributed by atoms with Crippen LogP contribution in [0.4, 0.5) is 0 Å². The molecule has 0 aliphatic heterocycles. The molecule has 0 amide bonds. The van der Waals surface area contributed by atoms with Crippen molar-refractivity contribution in [2.75, 3.05) is 0 Å². The van der Waals surface area contributed by atoms with E-state index in [1.807, 2.05) is 55.5 Å². The summed E-state index contributed by atoms with van der Waals surface area (Å²) in [6.07, 6.45) is 0. The van der Waals surface area contributed by atoms with Gasteiger partial charge < -0.3 is 10.2 Å². The Labute approximate surface area is 116 Å². The van der Waals surface area contributed by atoms with Gasteiger partial charge in [-0.15, -0.1) is 0 Å². The summed E-state index contributed by atoms with van der Waals surface area (Å²) in [6, 6.07) is 15.3. The average molecular weight is 272 g/mol. The first-order valence-electron chi connectivity index (χ1n) is 6.16. The normalized spacial score (nSPS) is 12.8. The zero-order valence-corrected chi connectivity index (χ0v) is 11.3. The van der Waals surface area contributed by atoms with Crippen molar-refractivity contribution in [1.82, 2.24) is 0 Å². The lowest BCUT2D eigenvalue weighted by atomic mass is 10.0. The fourth-order valence-electron chi connectivity index (χ4n) is 2.32. The highest BCUT2D eigenvalue weighted by Crippen LogP contribution is 2.32. The second-order valence-electron chi connectivity index (χ2n) is 4.62. The van der Waals surface area contributed by atoms with E-state index in [9.17, 15) is 0 Å². The Morgan fingerprint density at radius 1 is 1.11 bits per heavy atom. The maximum absolute atomic E-state index is 6.29. The zero-order chi connectivity index (χ0) is 13.4. The minimum Gasteiger partial charge on any atom is -0.459 e. The van der Waals surface area contributed by atoms with Crippen molar-refractivity contribution in [3.05, 3.63) is 70.4 Å². The molecule has 2 N–H and O–H groups in total. The molecule has 0 aliphatic rings. The van der Waals surface area contributed by atoms with Gasteiger partial charge in [0.05, 0.1) is 6.04 Å². The smallest absolute Gasteiger partial charge is 0.134 e. The van der Waals surface area contributed by atoms with Crippen molar-refractivity contribution in [1.29, 1.82) is 0 Å². The maximum Gasteiger partial charge on any atom is 0.134 e. The summed E-state index contributed by atoms with van der Waals surface area (Å²) >= 11 is 6.02. The van der Waals surface area contributed by atoms with Crippen LogP contribution in [0.3, 0.4) is 0 Å². The van der Waals surface area contributed by atoms with Gasteiger partial charge in [0.25, 0.3) is 0 Å². The van der Waals surface area contributed by atoms with Crippen LogP contribution in [-0.2, 0) is 0 Å². The number of hydrogen-bond acceptors (Lipinski definition) is 2. The largest absolute Gasteiger partial charge is 0.459 e. The van der Waals surface area contributed by atoms with Crippen LogP contribution in [0.1, 0.15) is 22.9 Å². The fourth-order valence-corrected chi connectivity index (χ4v) is 2.49. The van der Waals surface area contributed by atoms with Gasteiger partial charge in [-0.2, -0.15) is 0 Å². The standard InChI is InChI=1S/C16H14ClNO/c1-10-13-9-12(17)7-8-14(13)19-16(10)15(18)11-5-3-2-4-6-11/h2-9,15H,18H2,1H3. The number of nitrogens with two attached hydrogens (primary N) is 1. The van der Waals surface area contributed by atoms with Gasteiger partial charge in [-0.3, -0.25) is 0 Å². The average Bonchev–Trinajstić information content (AvgIpc) is 2.76. The van der Waals surface area contributed by atoms with E-state index in [1.165, 1.54) is 0 Å². The van der Waals surface area contributed by atoms with Gasteiger partial charge in [-0.25, -0.2) is 0 Å². The molecule has 1 aromatic heterocycles. The van der Waals surface area contributed by atoms with Gasteiger partial charge in [0.2, 0.25) is 0 Å². The maximum atomic E-state index is 6.29. The molecule has 3 rings (SSSR count). The minimum absolute atomic E-state index is 0.257. The summed E-state index contributed by atoms with van der Waals surface area (Å²) in [6.45, 7) is 2.01. The predicted molar refractivity (Wildman–Crippen MR) is 78.4 cm³/mol. The lowest BCUT2D eigenvalue weighted by molar-refractivity contribution is 0.521. The topological polar surface area (TPSA) is 39.2 Å². The first kappa shape index (κ1) is 12.3. The van der Waals surface area contributed by atoms with Gasteiger partial charge in [0.15, 0.2) is 0 Å². The monoisotopic (exact) mass is 271 g/mol. The highest BCUT2D eigenvalue weighted by atomic mass is 35.5. The second kappa shape index (κ2) is 4.72. The first-order chi connectivity index (χ1) is 9.16. The van der Waals surface area contributed by atoms with Crippen molar-refractivity contribution < 1.29 is 4.42 Å². The number of furan rings is 1. The molecule has 0 saturated heterocycles. The first-order valence-corrected chi connectivity index (χ1v) is 6.53. The number of benzene rings is 2. The number of hydrogen-bond donors (Lipinski definition) is 1. The Balaban J connectivity index is 2.13. The van der Waals surface area contributed by atoms with E-state index >= 15 is 0 Å². The zero-order valence-electron chi connectivity index (χ0n) is 10.6. The molecule has 3 aromatic rings. The molecule has 0 aliphatic carbocycles. The van der Waals surface area contributed by atoms with Crippen molar-refractivity contribution in [3.63, 3.8) is 0 Å². The van der Waals surface area contributed by atoms with Gasteiger partial charge in [0.1, 0.15) is 11.3 Å².